The molecule has 2 atom stereocenters. The molecular formula is C25H33BrClF5N4O4S. The summed E-state index contributed by atoms with van der Waals surface area (Å²) in [6.07, 6.45) is -2.86. The Kier molecular flexibility index (Phi) is 11.6. The number of rotatable bonds is 10. The van der Waals surface area contributed by atoms with Crippen molar-refractivity contribution in [3.05, 3.63) is 34.5 Å². The normalized spacial score (nSPS) is 18.2. The van der Waals surface area contributed by atoms with Crippen LogP contribution >= 0.6 is 28.6 Å². The van der Waals surface area contributed by atoms with E-state index in [0.29, 0.717) is 12.8 Å². The van der Waals surface area contributed by atoms with E-state index in [2.05, 4.69) is 20.5 Å². The van der Waals surface area contributed by atoms with E-state index < -0.39 is 51.4 Å². The molecule has 0 radical (unpaired) electrons. The summed E-state index contributed by atoms with van der Waals surface area (Å²) in [6, 6.07) is 3.62. The second kappa shape index (κ2) is 13.6. The van der Waals surface area contributed by atoms with Gasteiger partial charge in [-0.3, -0.25) is 9.48 Å². The van der Waals surface area contributed by atoms with Crippen molar-refractivity contribution >= 4 is 44.3 Å². The number of amides is 1. The molecule has 3 rings (SSSR count). The maximum atomic E-state index is 13.4. The molecule has 0 spiro atoms. The van der Waals surface area contributed by atoms with Crippen molar-refractivity contribution in [3.8, 4) is 17.0 Å². The SMILES string of the molecule is Br.CCn1nc(C(=O)NC[C@@H]2CC[C@H](S(C)(=O)=O)CN2)c(Cl)c1-c1ccc(CC(C)(C)C(F)(F)F)cc1OC(F)F. The summed E-state index contributed by atoms with van der Waals surface area (Å²) in [5.74, 6) is -1.04. The summed E-state index contributed by atoms with van der Waals surface area (Å²) in [5.41, 5.74) is -2.04. The van der Waals surface area contributed by atoms with Gasteiger partial charge in [-0.15, -0.1) is 17.0 Å². The third-order valence-corrected chi connectivity index (χ3v) is 8.90. The molecule has 2 N–H and O–H groups in total. The van der Waals surface area contributed by atoms with Crippen LogP contribution in [0.4, 0.5) is 22.0 Å². The van der Waals surface area contributed by atoms with E-state index >= 15 is 0 Å². The molecule has 1 aliphatic rings. The summed E-state index contributed by atoms with van der Waals surface area (Å²) >= 11 is 6.52. The Morgan fingerprint density at radius 3 is 2.44 bits per heavy atom. The third kappa shape index (κ3) is 8.54. The van der Waals surface area contributed by atoms with Gasteiger partial charge in [0.1, 0.15) is 5.75 Å². The van der Waals surface area contributed by atoms with Crippen LogP contribution in [0.5, 0.6) is 5.75 Å². The highest BCUT2D eigenvalue weighted by atomic mass is 79.9. The summed E-state index contributed by atoms with van der Waals surface area (Å²) in [4.78, 5) is 13.0. The summed E-state index contributed by atoms with van der Waals surface area (Å²) < 4.78 is 96.2. The molecule has 2 aromatic rings. The van der Waals surface area contributed by atoms with Crippen LogP contribution in [0.2, 0.25) is 5.02 Å². The maximum Gasteiger partial charge on any atom is 0.394 e. The first kappa shape index (κ1) is 35.2. The van der Waals surface area contributed by atoms with Crippen molar-refractivity contribution in [1.29, 1.82) is 0 Å². The summed E-state index contributed by atoms with van der Waals surface area (Å²) in [6.45, 7) is 1.06. The third-order valence-electron chi connectivity index (χ3n) is 6.93. The summed E-state index contributed by atoms with van der Waals surface area (Å²) in [5, 5.41) is 9.39. The molecule has 0 aliphatic carbocycles. The van der Waals surface area contributed by atoms with Crippen LogP contribution in [-0.2, 0) is 22.8 Å². The lowest BCUT2D eigenvalue weighted by molar-refractivity contribution is -0.211. The Hall–Kier alpha value is -1.97. The van der Waals surface area contributed by atoms with Gasteiger partial charge < -0.3 is 15.4 Å². The monoisotopic (exact) mass is 694 g/mol. The van der Waals surface area contributed by atoms with Crippen LogP contribution < -0.4 is 15.4 Å². The van der Waals surface area contributed by atoms with Crippen molar-refractivity contribution in [2.45, 2.75) is 70.7 Å². The van der Waals surface area contributed by atoms with E-state index in [0.717, 1.165) is 19.9 Å². The zero-order valence-electron chi connectivity index (χ0n) is 22.8. The molecule has 0 unspecified atom stereocenters. The number of nitrogens with one attached hydrogen (secondary N) is 2. The second-order valence-electron chi connectivity index (χ2n) is 10.4. The van der Waals surface area contributed by atoms with Crippen molar-refractivity contribution < 1.29 is 39.9 Å². The van der Waals surface area contributed by atoms with Crippen molar-refractivity contribution in [2.24, 2.45) is 5.41 Å². The standard InChI is InChI=1S/C25H32ClF5N4O4S.BrH/c1-5-35-21(17-9-6-14(10-18(17)39-23(27)28)11-24(2,3)25(29,30)31)19(26)20(34-35)22(36)33-12-15-7-8-16(13-32-15)40(4,37)38;/h6,9-10,15-16,23,32H,5,7-8,11-13H2,1-4H3,(H,33,36);1H/t15-,16-;/m0./s1. The second-order valence-corrected chi connectivity index (χ2v) is 13.1. The Bertz CT molecular complexity index is 1330. The Morgan fingerprint density at radius 2 is 1.93 bits per heavy atom. The predicted octanol–water partition coefficient (Wildman–Crippen LogP) is 5.43. The first-order chi connectivity index (χ1) is 18.4. The molecule has 16 heteroatoms. The molecular weight excluding hydrogens is 663 g/mol. The fraction of sp³-hybridized carbons (Fsp3) is 0.600. The van der Waals surface area contributed by atoms with E-state index in [4.69, 9.17) is 11.6 Å². The minimum absolute atomic E-state index is 0. The highest BCUT2D eigenvalue weighted by Gasteiger charge is 2.47. The Morgan fingerprint density at radius 1 is 1.27 bits per heavy atom. The molecule has 1 aromatic carbocycles. The average Bonchev–Trinajstić information content (AvgIpc) is 3.17. The van der Waals surface area contributed by atoms with E-state index in [1.54, 1.807) is 6.92 Å². The highest BCUT2D eigenvalue weighted by Crippen LogP contribution is 2.43. The van der Waals surface area contributed by atoms with E-state index in [-0.39, 0.29) is 70.2 Å². The molecule has 1 amide bonds. The average molecular weight is 696 g/mol. The zero-order valence-corrected chi connectivity index (χ0v) is 26.1. The van der Waals surface area contributed by atoms with Gasteiger partial charge >= 0.3 is 12.8 Å². The van der Waals surface area contributed by atoms with Gasteiger partial charge in [0.15, 0.2) is 15.5 Å². The van der Waals surface area contributed by atoms with E-state index in [1.165, 1.54) is 23.1 Å². The molecule has 1 aromatic heterocycles. The number of carbonyl (C=O) groups excluding carboxylic acids is 1. The van der Waals surface area contributed by atoms with Crippen molar-refractivity contribution in [2.75, 3.05) is 19.3 Å². The fourth-order valence-electron chi connectivity index (χ4n) is 4.48. The number of hydrogen-bond donors (Lipinski definition) is 2. The molecule has 1 fully saturated rings. The van der Waals surface area contributed by atoms with Gasteiger partial charge in [-0.25, -0.2) is 8.42 Å². The van der Waals surface area contributed by atoms with Crippen LogP contribution in [0.15, 0.2) is 18.2 Å². The van der Waals surface area contributed by atoms with Crippen LogP contribution in [0, 0.1) is 5.41 Å². The number of halogens is 7. The Balaban J connectivity index is 0.00000588. The predicted molar refractivity (Wildman–Crippen MR) is 151 cm³/mol. The number of aromatic nitrogens is 2. The molecule has 0 saturated carbocycles. The van der Waals surface area contributed by atoms with Crippen LogP contribution in [0.25, 0.3) is 11.3 Å². The highest BCUT2D eigenvalue weighted by molar-refractivity contribution is 8.93. The Labute approximate surface area is 251 Å². The lowest BCUT2D eigenvalue weighted by atomic mass is 9.84. The minimum Gasteiger partial charge on any atom is -0.434 e. The topological polar surface area (TPSA) is 102 Å². The molecule has 0 bridgehead atoms. The number of hydrogen-bond acceptors (Lipinski definition) is 6. The van der Waals surface area contributed by atoms with Gasteiger partial charge in [0, 0.05) is 37.5 Å². The van der Waals surface area contributed by atoms with Gasteiger partial charge in [0.2, 0.25) is 0 Å². The first-order valence-electron chi connectivity index (χ1n) is 12.6. The molecule has 232 valence electrons. The van der Waals surface area contributed by atoms with E-state index in [1.807, 2.05) is 0 Å². The van der Waals surface area contributed by atoms with Crippen LogP contribution in [0.3, 0.4) is 0 Å². The molecule has 8 nitrogen and oxygen atoms in total. The number of sulfone groups is 1. The molecule has 1 saturated heterocycles. The van der Waals surface area contributed by atoms with Gasteiger partial charge in [-0.1, -0.05) is 31.5 Å². The number of carbonyl (C=O) groups is 1. The van der Waals surface area contributed by atoms with Crippen LogP contribution in [0.1, 0.15) is 49.7 Å². The maximum absolute atomic E-state index is 13.4. The van der Waals surface area contributed by atoms with Gasteiger partial charge in [-0.2, -0.15) is 27.1 Å². The largest absolute Gasteiger partial charge is 0.434 e. The zero-order chi connectivity index (χ0) is 30.0. The lowest BCUT2D eigenvalue weighted by Crippen LogP contribution is -2.49. The van der Waals surface area contributed by atoms with Gasteiger partial charge in [0.05, 0.1) is 21.4 Å². The quantitative estimate of drug-likeness (QED) is 0.322. The number of aryl methyl sites for hydroxylation is 1. The summed E-state index contributed by atoms with van der Waals surface area (Å²) in [7, 11) is -3.18. The van der Waals surface area contributed by atoms with Gasteiger partial charge in [0.25, 0.3) is 5.91 Å². The van der Waals surface area contributed by atoms with Crippen molar-refractivity contribution in [1.82, 2.24) is 20.4 Å². The molecule has 1 aliphatic heterocycles. The number of ether oxygens (including phenoxy) is 1. The minimum atomic E-state index is -4.52. The number of alkyl halides is 5. The number of piperidine rings is 1. The fourth-order valence-corrected chi connectivity index (χ4v) is 5.76. The lowest BCUT2D eigenvalue weighted by Gasteiger charge is -2.28. The van der Waals surface area contributed by atoms with E-state index in [9.17, 15) is 35.2 Å². The number of benzene rings is 1. The first-order valence-corrected chi connectivity index (χ1v) is 14.9. The van der Waals surface area contributed by atoms with Crippen LogP contribution in [-0.4, -0.2) is 67.5 Å². The molecule has 41 heavy (non-hydrogen) atoms. The van der Waals surface area contributed by atoms with Crippen molar-refractivity contribution in [3.63, 3.8) is 0 Å². The van der Waals surface area contributed by atoms with Gasteiger partial charge in [-0.05, 0) is 43.9 Å². The number of nitrogens with zero attached hydrogens (tertiary/aromatic N) is 2. The smallest absolute Gasteiger partial charge is 0.394 e. The molecule has 2 heterocycles.